The maximum Gasteiger partial charge on any atom is 0.251 e. The lowest BCUT2D eigenvalue weighted by molar-refractivity contribution is -0.140. The maximum atomic E-state index is 12.6. The third kappa shape index (κ3) is 2.85. The molecule has 0 N–H and O–H groups in total. The molecule has 3 atom stereocenters. The summed E-state index contributed by atoms with van der Waals surface area (Å²) in [6, 6.07) is 0.234. The summed E-state index contributed by atoms with van der Waals surface area (Å²) in [6.07, 6.45) is 1.66. The molecule has 0 saturated carbocycles. The lowest BCUT2D eigenvalue weighted by atomic mass is 10.1. The van der Waals surface area contributed by atoms with Crippen molar-refractivity contribution in [3.8, 4) is 0 Å². The Hall–Kier alpha value is -1.44. The second-order valence-corrected chi connectivity index (χ2v) is 6.99. The number of hydrogen-bond donors (Lipinski definition) is 0. The van der Waals surface area contributed by atoms with Gasteiger partial charge in [0.1, 0.15) is 11.9 Å². The van der Waals surface area contributed by atoms with E-state index in [9.17, 15) is 4.79 Å². The van der Waals surface area contributed by atoms with Gasteiger partial charge in [-0.1, -0.05) is 5.16 Å². The van der Waals surface area contributed by atoms with Gasteiger partial charge in [-0.2, -0.15) is 0 Å². The first kappa shape index (κ1) is 16.1. The van der Waals surface area contributed by atoms with Crippen molar-refractivity contribution in [3.63, 3.8) is 0 Å². The lowest BCUT2D eigenvalue weighted by Crippen LogP contribution is -2.50. The lowest BCUT2D eigenvalue weighted by Gasteiger charge is -2.36. The first-order valence-corrected chi connectivity index (χ1v) is 8.81. The van der Waals surface area contributed by atoms with Gasteiger partial charge in [0.2, 0.25) is 0 Å². The van der Waals surface area contributed by atoms with E-state index in [1.165, 1.54) is 0 Å². The number of hydrogen-bond acceptors (Lipinski definition) is 6. The molecule has 0 bridgehead atoms. The zero-order chi connectivity index (χ0) is 16.7. The summed E-state index contributed by atoms with van der Waals surface area (Å²) in [5, 5.41) is 4.05. The summed E-state index contributed by atoms with van der Waals surface area (Å²) in [5.41, 5.74) is 2.10. The van der Waals surface area contributed by atoms with Crippen LogP contribution < -0.4 is 0 Å². The summed E-state index contributed by atoms with van der Waals surface area (Å²) in [6.45, 7) is 8.38. The maximum absolute atomic E-state index is 12.6. The third-order valence-corrected chi connectivity index (χ3v) is 5.48. The number of aryl methyl sites for hydroxylation is 2. The van der Waals surface area contributed by atoms with Gasteiger partial charge < -0.3 is 18.9 Å². The highest BCUT2D eigenvalue weighted by molar-refractivity contribution is 5.81. The normalized spacial score (nSPS) is 30.8. The molecule has 4 rings (SSSR count). The predicted octanol–water partition coefficient (Wildman–Crippen LogP) is 0.882. The number of carbonyl (C=O) groups excluding carboxylic acids is 1. The van der Waals surface area contributed by atoms with Crippen molar-refractivity contribution < 1.29 is 18.8 Å². The zero-order valence-corrected chi connectivity index (χ0v) is 14.4. The Bertz CT molecular complexity index is 591. The highest BCUT2D eigenvalue weighted by Gasteiger charge is 2.43. The Kier molecular flexibility index (Phi) is 4.32. The number of nitrogens with zero attached hydrogens (tertiary/aromatic N) is 3. The molecule has 3 fully saturated rings. The standard InChI is InChI=1S/C17H25N3O4/c1-11-13(12(2)24-18-11)8-19-5-7-23-16-10-20(9-14(16)19)17(21)15-4-3-6-22-15/h14-16H,3-10H2,1-2H3/t14-,15?,16+/m0/s1. The molecule has 0 radical (unpaired) electrons. The number of ether oxygens (including phenoxy) is 2. The van der Waals surface area contributed by atoms with Crippen LogP contribution >= 0.6 is 0 Å². The average molecular weight is 335 g/mol. The highest BCUT2D eigenvalue weighted by Crippen LogP contribution is 2.27. The van der Waals surface area contributed by atoms with Gasteiger partial charge in [-0.05, 0) is 26.7 Å². The summed E-state index contributed by atoms with van der Waals surface area (Å²) in [5.74, 6) is 1.00. The number of rotatable bonds is 3. The number of aromatic nitrogens is 1. The minimum Gasteiger partial charge on any atom is -0.373 e. The van der Waals surface area contributed by atoms with Crippen LogP contribution in [0.4, 0.5) is 0 Å². The fraction of sp³-hybridized carbons (Fsp3) is 0.765. The molecule has 3 aliphatic rings. The number of likely N-dealkylation sites (tertiary alicyclic amines) is 1. The van der Waals surface area contributed by atoms with Crippen molar-refractivity contribution in [1.29, 1.82) is 0 Å². The molecule has 132 valence electrons. The van der Waals surface area contributed by atoms with Crippen LogP contribution in [0, 0.1) is 13.8 Å². The first-order chi connectivity index (χ1) is 11.6. The topological polar surface area (TPSA) is 68.0 Å². The summed E-state index contributed by atoms with van der Waals surface area (Å²) < 4.78 is 16.8. The van der Waals surface area contributed by atoms with Crippen LogP contribution in [-0.4, -0.2) is 72.0 Å². The highest BCUT2D eigenvalue weighted by atomic mass is 16.5. The predicted molar refractivity (Wildman–Crippen MR) is 85.5 cm³/mol. The molecule has 7 heteroatoms. The van der Waals surface area contributed by atoms with E-state index in [0.717, 1.165) is 42.9 Å². The largest absolute Gasteiger partial charge is 0.373 e. The van der Waals surface area contributed by atoms with Crippen molar-refractivity contribution >= 4 is 5.91 Å². The van der Waals surface area contributed by atoms with Crippen LogP contribution in [-0.2, 0) is 20.8 Å². The molecule has 0 spiro atoms. The van der Waals surface area contributed by atoms with Gasteiger partial charge in [0.05, 0.1) is 24.4 Å². The molecule has 1 aromatic rings. The molecular weight excluding hydrogens is 310 g/mol. The second-order valence-electron chi connectivity index (χ2n) is 6.99. The van der Waals surface area contributed by atoms with E-state index >= 15 is 0 Å². The van der Waals surface area contributed by atoms with E-state index in [1.807, 2.05) is 18.7 Å². The van der Waals surface area contributed by atoms with Gasteiger partial charge in [-0.3, -0.25) is 9.69 Å². The van der Waals surface area contributed by atoms with Crippen molar-refractivity contribution in [1.82, 2.24) is 15.0 Å². The zero-order valence-electron chi connectivity index (χ0n) is 14.4. The minimum absolute atomic E-state index is 0.0876. The molecule has 0 aliphatic carbocycles. The third-order valence-electron chi connectivity index (χ3n) is 5.48. The van der Waals surface area contributed by atoms with E-state index in [0.29, 0.717) is 26.3 Å². The first-order valence-electron chi connectivity index (χ1n) is 8.81. The van der Waals surface area contributed by atoms with Gasteiger partial charge in [0.15, 0.2) is 0 Å². The molecule has 0 aromatic carbocycles. The minimum atomic E-state index is -0.249. The Labute approximate surface area is 141 Å². The second kappa shape index (κ2) is 6.46. The summed E-state index contributed by atoms with van der Waals surface area (Å²) in [7, 11) is 0. The summed E-state index contributed by atoms with van der Waals surface area (Å²) >= 11 is 0. The van der Waals surface area contributed by atoms with E-state index in [2.05, 4.69) is 10.1 Å². The van der Waals surface area contributed by atoms with Crippen LogP contribution in [0.5, 0.6) is 0 Å². The van der Waals surface area contributed by atoms with E-state index in [4.69, 9.17) is 14.0 Å². The van der Waals surface area contributed by atoms with Crippen LogP contribution in [0.25, 0.3) is 0 Å². The van der Waals surface area contributed by atoms with Gasteiger partial charge in [-0.15, -0.1) is 0 Å². The van der Waals surface area contributed by atoms with E-state index in [-0.39, 0.29) is 24.2 Å². The Morgan fingerprint density at radius 3 is 2.83 bits per heavy atom. The molecular formula is C17H25N3O4. The monoisotopic (exact) mass is 335 g/mol. The SMILES string of the molecule is Cc1noc(C)c1CN1CCO[C@@H]2CN(C(=O)C3CCCO3)C[C@@H]21. The van der Waals surface area contributed by atoms with Crippen molar-refractivity contribution in [3.05, 3.63) is 17.0 Å². The van der Waals surface area contributed by atoms with Gasteiger partial charge >= 0.3 is 0 Å². The smallest absolute Gasteiger partial charge is 0.251 e. The van der Waals surface area contributed by atoms with E-state index < -0.39 is 0 Å². The number of morpholine rings is 1. The molecule has 3 saturated heterocycles. The molecule has 1 amide bonds. The van der Waals surface area contributed by atoms with Crippen LogP contribution in [0.1, 0.15) is 29.9 Å². The molecule has 3 aliphatic heterocycles. The Morgan fingerprint density at radius 1 is 1.25 bits per heavy atom. The average Bonchev–Trinajstić information content (AvgIpc) is 3.30. The Balaban J connectivity index is 1.45. The van der Waals surface area contributed by atoms with Crippen molar-refractivity contribution in [2.45, 2.75) is 51.5 Å². The van der Waals surface area contributed by atoms with Crippen LogP contribution in [0.15, 0.2) is 4.52 Å². The molecule has 1 aromatic heterocycles. The van der Waals surface area contributed by atoms with Gasteiger partial charge in [0, 0.05) is 38.3 Å². The number of carbonyl (C=O) groups is 1. The van der Waals surface area contributed by atoms with Crippen molar-refractivity contribution in [2.75, 3.05) is 32.8 Å². The molecule has 24 heavy (non-hydrogen) atoms. The van der Waals surface area contributed by atoms with Crippen LogP contribution in [0.2, 0.25) is 0 Å². The fourth-order valence-electron chi connectivity index (χ4n) is 4.04. The van der Waals surface area contributed by atoms with Gasteiger partial charge in [0.25, 0.3) is 5.91 Å². The number of amides is 1. The molecule has 4 heterocycles. The fourth-order valence-corrected chi connectivity index (χ4v) is 4.04. The van der Waals surface area contributed by atoms with E-state index in [1.54, 1.807) is 0 Å². The summed E-state index contributed by atoms with van der Waals surface area (Å²) in [4.78, 5) is 17.0. The Morgan fingerprint density at radius 2 is 2.12 bits per heavy atom. The number of fused-ring (bicyclic) bond motifs is 1. The molecule has 7 nitrogen and oxygen atoms in total. The molecule has 1 unspecified atom stereocenters. The van der Waals surface area contributed by atoms with Crippen LogP contribution in [0.3, 0.4) is 0 Å². The van der Waals surface area contributed by atoms with Crippen molar-refractivity contribution in [2.24, 2.45) is 0 Å². The quantitative estimate of drug-likeness (QED) is 0.817. The van der Waals surface area contributed by atoms with Gasteiger partial charge in [-0.25, -0.2) is 0 Å².